The van der Waals surface area contributed by atoms with Crippen LogP contribution in [0, 0.1) is 0 Å². The van der Waals surface area contributed by atoms with Gasteiger partial charge in [-0.05, 0) is 12.8 Å². The van der Waals surface area contributed by atoms with Crippen LogP contribution in [0.1, 0.15) is 12.8 Å². The third-order valence-corrected chi connectivity index (χ3v) is 2.17. The summed E-state index contributed by atoms with van der Waals surface area (Å²) in [5, 5.41) is 8.24. The molecule has 2 aliphatic heterocycles. The first-order chi connectivity index (χ1) is 7.86. The van der Waals surface area contributed by atoms with Gasteiger partial charge in [0.1, 0.15) is 12.2 Å². The van der Waals surface area contributed by atoms with Crippen molar-refractivity contribution in [3.63, 3.8) is 0 Å². The van der Waals surface area contributed by atoms with Crippen molar-refractivity contribution in [2.45, 2.75) is 25.0 Å². The normalized spacial score (nSPS) is 25.9. The van der Waals surface area contributed by atoms with Crippen LogP contribution in [-0.4, -0.2) is 64.1 Å². The van der Waals surface area contributed by atoms with Gasteiger partial charge < -0.3 is 24.1 Å². The predicted molar refractivity (Wildman–Crippen MR) is 58.5 cm³/mol. The van der Waals surface area contributed by atoms with E-state index in [0.29, 0.717) is 12.2 Å². The van der Waals surface area contributed by atoms with E-state index < -0.39 is 0 Å². The molecule has 0 amide bonds. The Balaban J connectivity index is 0.000000168. The van der Waals surface area contributed by atoms with E-state index in [1.54, 1.807) is 7.11 Å². The fourth-order valence-electron chi connectivity index (χ4n) is 1.02. The lowest BCUT2D eigenvalue weighted by atomic mass is 10.3. The molecule has 0 bridgehead atoms. The van der Waals surface area contributed by atoms with Gasteiger partial charge in [0.25, 0.3) is 0 Å². The Kier molecular flexibility index (Phi) is 7.71. The molecule has 5 heteroatoms. The Bertz CT molecular complexity index is 140. The minimum atomic E-state index is 0.281. The molecule has 0 aromatic heterocycles. The van der Waals surface area contributed by atoms with Crippen molar-refractivity contribution in [2.75, 3.05) is 46.8 Å². The maximum atomic E-state index is 8.24. The molecule has 2 aliphatic rings. The number of ether oxygens (including phenoxy) is 4. The maximum absolute atomic E-state index is 8.24. The second-order valence-electron chi connectivity index (χ2n) is 3.87. The first-order valence-electron chi connectivity index (χ1n) is 5.77. The van der Waals surface area contributed by atoms with Crippen LogP contribution >= 0.6 is 0 Å². The van der Waals surface area contributed by atoms with Crippen LogP contribution in [0.4, 0.5) is 0 Å². The zero-order chi connectivity index (χ0) is 11.6. The number of rotatable bonds is 8. The van der Waals surface area contributed by atoms with Crippen LogP contribution in [0.5, 0.6) is 0 Å². The molecule has 5 nitrogen and oxygen atoms in total. The van der Waals surface area contributed by atoms with Gasteiger partial charge in [-0.1, -0.05) is 0 Å². The van der Waals surface area contributed by atoms with Crippen LogP contribution in [-0.2, 0) is 18.9 Å². The van der Waals surface area contributed by atoms with Crippen LogP contribution < -0.4 is 0 Å². The standard InChI is InChI=1S/C6H10O3.C5H12O2/c1(5-3-8-5)7-2-6-4-9-6;1-7-5-3-2-4-6/h5-6H,1-4H2;6H,2-5H2,1H3. The van der Waals surface area contributed by atoms with Crippen LogP contribution in [0.2, 0.25) is 0 Å². The van der Waals surface area contributed by atoms with E-state index in [1.807, 2.05) is 0 Å². The predicted octanol–water partition coefficient (Wildman–Crippen LogP) is 0.206. The highest BCUT2D eigenvalue weighted by atomic mass is 16.6. The number of aliphatic hydroxyl groups is 1. The van der Waals surface area contributed by atoms with E-state index in [9.17, 15) is 0 Å². The summed E-state index contributed by atoms with van der Waals surface area (Å²) in [6.45, 7) is 4.31. The molecule has 2 rings (SSSR count). The van der Waals surface area contributed by atoms with Crippen molar-refractivity contribution in [3.8, 4) is 0 Å². The molecule has 2 fully saturated rings. The van der Waals surface area contributed by atoms with E-state index in [4.69, 9.17) is 24.1 Å². The lowest BCUT2D eigenvalue weighted by Crippen LogP contribution is -2.06. The van der Waals surface area contributed by atoms with Crippen molar-refractivity contribution >= 4 is 0 Å². The van der Waals surface area contributed by atoms with Gasteiger partial charge in [0.05, 0.1) is 26.4 Å². The Labute approximate surface area is 96.6 Å². The largest absolute Gasteiger partial charge is 0.396 e. The van der Waals surface area contributed by atoms with Gasteiger partial charge in [-0.25, -0.2) is 0 Å². The van der Waals surface area contributed by atoms with Crippen molar-refractivity contribution in [1.29, 1.82) is 0 Å². The second-order valence-corrected chi connectivity index (χ2v) is 3.87. The smallest absolute Gasteiger partial charge is 0.104 e. The molecule has 16 heavy (non-hydrogen) atoms. The zero-order valence-electron chi connectivity index (χ0n) is 9.89. The minimum Gasteiger partial charge on any atom is -0.396 e. The van der Waals surface area contributed by atoms with Crippen LogP contribution in [0.25, 0.3) is 0 Å². The van der Waals surface area contributed by atoms with E-state index >= 15 is 0 Å². The minimum absolute atomic E-state index is 0.281. The van der Waals surface area contributed by atoms with Gasteiger partial charge in [-0.15, -0.1) is 0 Å². The van der Waals surface area contributed by atoms with Gasteiger partial charge in [0.2, 0.25) is 0 Å². The summed E-state index contributed by atoms with van der Waals surface area (Å²) < 4.78 is 19.9. The second kappa shape index (κ2) is 8.90. The quantitative estimate of drug-likeness (QED) is 0.480. The highest BCUT2D eigenvalue weighted by Crippen LogP contribution is 2.12. The molecule has 2 saturated heterocycles. The summed E-state index contributed by atoms with van der Waals surface area (Å²) in [4.78, 5) is 0. The van der Waals surface area contributed by atoms with Gasteiger partial charge in [-0.3, -0.25) is 0 Å². The van der Waals surface area contributed by atoms with Gasteiger partial charge in [0.15, 0.2) is 0 Å². The SMILES string of the molecule is C(OCC1CO1)C1CO1.COCCCCO. The molecule has 0 saturated carbocycles. The zero-order valence-corrected chi connectivity index (χ0v) is 9.89. The molecule has 0 radical (unpaired) electrons. The third kappa shape index (κ3) is 9.06. The number of aliphatic hydroxyl groups excluding tert-OH is 1. The molecule has 2 unspecified atom stereocenters. The number of hydrogen-bond acceptors (Lipinski definition) is 5. The topological polar surface area (TPSA) is 63.8 Å². The fraction of sp³-hybridized carbons (Fsp3) is 1.00. The average Bonchev–Trinajstić information content (AvgIpc) is 3.14. The lowest BCUT2D eigenvalue weighted by molar-refractivity contribution is 0.102. The maximum Gasteiger partial charge on any atom is 0.104 e. The van der Waals surface area contributed by atoms with Crippen LogP contribution in [0.3, 0.4) is 0 Å². The summed E-state index contributed by atoms with van der Waals surface area (Å²) in [7, 11) is 1.66. The molecule has 96 valence electrons. The number of methoxy groups -OCH3 is 1. The Morgan fingerprint density at radius 3 is 2.06 bits per heavy atom. The Morgan fingerprint density at radius 1 is 1.12 bits per heavy atom. The number of hydrogen-bond donors (Lipinski definition) is 1. The van der Waals surface area contributed by atoms with Crippen molar-refractivity contribution < 1.29 is 24.1 Å². The van der Waals surface area contributed by atoms with Gasteiger partial charge >= 0.3 is 0 Å². The van der Waals surface area contributed by atoms with E-state index in [0.717, 1.165) is 45.9 Å². The third-order valence-electron chi connectivity index (χ3n) is 2.17. The molecule has 0 aliphatic carbocycles. The lowest BCUT2D eigenvalue weighted by Gasteiger charge is -1.95. The van der Waals surface area contributed by atoms with E-state index in [1.165, 1.54) is 0 Å². The molecule has 1 N–H and O–H groups in total. The number of epoxide rings is 2. The molecular formula is C11H22O5. The summed E-state index contributed by atoms with van der Waals surface area (Å²) in [6, 6.07) is 0. The first kappa shape index (κ1) is 13.9. The fourth-order valence-corrected chi connectivity index (χ4v) is 1.02. The van der Waals surface area contributed by atoms with Gasteiger partial charge in [0, 0.05) is 20.3 Å². The average molecular weight is 234 g/mol. The summed E-state index contributed by atoms with van der Waals surface area (Å²) in [5.41, 5.74) is 0. The van der Waals surface area contributed by atoms with Crippen molar-refractivity contribution in [2.24, 2.45) is 0 Å². The molecule has 2 atom stereocenters. The van der Waals surface area contributed by atoms with Crippen molar-refractivity contribution in [3.05, 3.63) is 0 Å². The monoisotopic (exact) mass is 234 g/mol. The summed E-state index contributed by atoms with van der Waals surface area (Å²) >= 11 is 0. The Hall–Kier alpha value is -0.200. The molecule has 0 aromatic rings. The number of unbranched alkanes of at least 4 members (excludes halogenated alkanes) is 1. The summed E-state index contributed by atoms with van der Waals surface area (Å²) in [6.07, 6.45) is 2.60. The highest BCUT2D eigenvalue weighted by Gasteiger charge is 2.26. The van der Waals surface area contributed by atoms with Crippen molar-refractivity contribution in [1.82, 2.24) is 0 Å². The van der Waals surface area contributed by atoms with E-state index in [2.05, 4.69) is 0 Å². The van der Waals surface area contributed by atoms with Gasteiger partial charge in [-0.2, -0.15) is 0 Å². The summed E-state index contributed by atoms with van der Waals surface area (Å²) in [5.74, 6) is 0. The highest BCUT2D eigenvalue weighted by molar-refractivity contribution is 4.71. The molecular weight excluding hydrogens is 212 g/mol. The van der Waals surface area contributed by atoms with Crippen LogP contribution in [0.15, 0.2) is 0 Å². The Morgan fingerprint density at radius 2 is 1.69 bits per heavy atom. The molecule has 0 aromatic carbocycles. The first-order valence-corrected chi connectivity index (χ1v) is 5.77. The van der Waals surface area contributed by atoms with E-state index in [-0.39, 0.29) is 6.61 Å². The molecule has 2 heterocycles. The molecule has 0 spiro atoms.